The molecule has 2 N–H and O–H groups in total. The Morgan fingerprint density at radius 1 is 1.11 bits per heavy atom. The van der Waals surface area contributed by atoms with Crippen molar-refractivity contribution >= 4 is 17.1 Å². The molecule has 0 saturated carbocycles. The van der Waals surface area contributed by atoms with E-state index in [1.165, 1.54) is 5.56 Å². The molecule has 1 fully saturated rings. The van der Waals surface area contributed by atoms with Crippen LogP contribution in [0.25, 0.3) is 33.7 Å². The van der Waals surface area contributed by atoms with Crippen molar-refractivity contribution in [3.05, 3.63) is 65.2 Å². The Balaban J connectivity index is 1.12. The fraction of sp³-hybridized carbons (Fsp3) is 0.455. The smallest absolute Gasteiger partial charge is 0.315 e. The average molecular weight is 595 g/mol. The minimum atomic E-state index is -0.323. The van der Waals surface area contributed by atoms with Gasteiger partial charge in [-0.15, -0.1) is 0 Å². The summed E-state index contributed by atoms with van der Waals surface area (Å²) in [5, 5.41) is 11.8. The van der Waals surface area contributed by atoms with E-state index >= 15 is 0 Å². The molecule has 11 heteroatoms. The highest BCUT2D eigenvalue weighted by atomic mass is 16.5. The average Bonchev–Trinajstić information content (AvgIpc) is 3.80. The molecule has 0 bridgehead atoms. The molecule has 1 aliphatic carbocycles. The number of nitrogens with one attached hydrogen (secondary N) is 2. The molecule has 1 saturated heterocycles. The van der Waals surface area contributed by atoms with Gasteiger partial charge in [0.25, 0.3) is 0 Å². The number of nitrogens with zero attached hydrogens (tertiary/aromatic N) is 6. The van der Waals surface area contributed by atoms with Gasteiger partial charge < -0.3 is 19.6 Å². The van der Waals surface area contributed by atoms with Gasteiger partial charge in [-0.2, -0.15) is 10.1 Å². The maximum atomic E-state index is 13.0. The van der Waals surface area contributed by atoms with Gasteiger partial charge >= 0.3 is 11.8 Å². The maximum absolute atomic E-state index is 13.0. The van der Waals surface area contributed by atoms with Crippen molar-refractivity contribution in [1.82, 2.24) is 40.2 Å². The summed E-state index contributed by atoms with van der Waals surface area (Å²) < 4.78 is 12.9. The lowest BCUT2D eigenvalue weighted by Crippen LogP contribution is -2.31. The van der Waals surface area contributed by atoms with Crippen LogP contribution in [0.3, 0.4) is 0 Å². The molecule has 0 spiro atoms. The Morgan fingerprint density at radius 2 is 2.00 bits per heavy atom. The molecule has 5 heterocycles. The molecule has 5 aromatic rings. The third-order valence-electron chi connectivity index (χ3n) is 8.96. The van der Waals surface area contributed by atoms with Gasteiger partial charge in [-0.25, -0.2) is 9.97 Å². The number of hydrogen-bond donors (Lipinski definition) is 2. The highest BCUT2D eigenvalue weighted by Gasteiger charge is 2.26. The lowest BCUT2D eigenvalue weighted by Gasteiger charge is -2.26. The van der Waals surface area contributed by atoms with Gasteiger partial charge in [0, 0.05) is 37.1 Å². The van der Waals surface area contributed by atoms with E-state index in [9.17, 15) is 4.79 Å². The number of aryl methyl sites for hydroxylation is 2. The Kier molecular flexibility index (Phi) is 7.95. The molecular weight excluding hydrogens is 556 g/mol. The van der Waals surface area contributed by atoms with Crippen molar-refractivity contribution < 1.29 is 14.1 Å². The first-order valence-electron chi connectivity index (χ1n) is 15.8. The highest BCUT2D eigenvalue weighted by Crippen LogP contribution is 2.36. The van der Waals surface area contributed by atoms with Crippen LogP contribution in [-0.2, 0) is 17.6 Å². The van der Waals surface area contributed by atoms with Crippen LogP contribution in [0, 0.1) is 6.92 Å². The predicted molar refractivity (Wildman–Crippen MR) is 165 cm³/mol. The molecule has 1 aromatic carbocycles. The van der Waals surface area contributed by atoms with Crippen LogP contribution in [0.2, 0.25) is 0 Å². The van der Waals surface area contributed by atoms with E-state index in [4.69, 9.17) is 19.3 Å². The topological polar surface area (TPSA) is 137 Å². The number of hydrogen-bond acceptors (Lipinski definition) is 8. The second-order valence-electron chi connectivity index (χ2n) is 11.9. The van der Waals surface area contributed by atoms with Crippen LogP contribution in [-0.4, -0.2) is 54.0 Å². The molecule has 1 aliphatic heterocycles. The molecule has 7 rings (SSSR count). The molecule has 44 heavy (non-hydrogen) atoms. The standard InChI is InChI=1S/C33H38N8O3/c1-3-4-5-9-28-37-33(44-40-28)32(42)36-27-8-6-7-21-18-22(10-11-24(21)27)25-12-15-34-31-29(25)38-30(39-31)26-19-35-41(20(26)2)23-13-16-43-17-14-23/h10-12,15,18-19,23,27H,3-9,13-14,16-17H2,1-2H3,(H,36,42)(H,34,38,39). The number of unbranched alkanes of at least 4 members (excludes halogenated alkanes) is 2. The summed E-state index contributed by atoms with van der Waals surface area (Å²) in [4.78, 5) is 30.4. The summed E-state index contributed by atoms with van der Waals surface area (Å²) in [5.74, 6) is 1.07. The summed E-state index contributed by atoms with van der Waals surface area (Å²) in [6.07, 6.45) is 12.4. The van der Waals surface area contributed by atoms with Crippen molar-refractivity contribution in [3.8, 4) is 22.5 Å². The lowest BCUT2D eigenvalue weighted by atomic mass is 9.85. The van der Waals surface area contributed by atoms with E-state index in [2.05, 4.69) is 62.2 Å². The van der Waals surface area contributed by atoms with Gasteiger partial charge in [-0.3, -0.25) is 9.48 Å². The van der Waals surface area contributed by atoms with Gasteiger partial charge in [-0.1, -0.05) is 43.1 Å². The summed E-state index contributed by atoms with van der Waals surface area (Å²) >= 11 is 0. The van der Waals surface area contributed by atoms with Gasteiger partial charge in [0.2, 0.25) is 0 Å². The first kappa shape index (κ1) is 28.4. The van der Waals surface area contributed by atoms with E-state index in [0.717, 1.165) is 116 Å². The Labute approximate surface area is 255 Å². The van der Waals surface area contributed by atoms with Crippen LogP contribution in [0.5, 0.6) is 0 Å². The number of pyridine rings is 1. The van der Waals surface area contributed by atoms with Crippen LogP contribution in [0.1, 0.15) is 97.3 Å². The molecule has 1 unspecified atom stereocenters. The summed E-state index contributed by atoms with van der Waals surface area (Å²) in [6, 6.07) is 8.71. The first-order chi connectivity index (χ1) is 21.6. The zero-order valence-electron chi connectivity index (χ0n) is 25.3. The van der Waals surface area contributed by atoms with E-state index in [-0.39, 0.29) is 17.8 Å². The maximum Gasteiger partial charge on any atom is 0.315 e. The SMILES string of the molecule is CCCCCc1noc(C(=O)NC2CCCc3cc(-c4ccnc5[nH]c(-c6cnn(C7CCOCC7)c6C)nc45)ccc32)n1. The minimum absolute atomic E-state index is 0.0299. The number of H-pyrrole nitrogens is 1. The number of rotatable bonds is 9. The van der Waals surface area contributed by atoms with Crippen molar-refractivity contribution in [1.29, 1.82) is 0 Å². The van der Waals surface area contributed by atoms with Crippen LogP contribution in [0.4, 0.5) is 0 Å². The van der Waals surface area contributed by atoms with Gasteiger partial charge in [0.05, 0.1) is 23.8 Å². The number of aromatic amines is 1. The van der Waals surface area contributed by atoms with E-state index < -0.39 is 0 Å². The molecule has 11 nitrogen and oxygen atoms in total. The van der Waals surface area contributed by atoms with Crippen LogP contribution in [0.15, 0.2) is 41.2 Å². The third-order valence-corrected chi connectivity index (χ3v) is 8.96. The zero-order chi connectivity index (χ0) is 30.0. The molecule has 228 valence electrons. The summed E-state index contributed by atoms with van der Waals surface area (Å²) in [5.41, 5.74) is 8.08. The number of fused-ring (bicyclic) bond motifs is 2. The Hall–Kier alpha value is -4.38. The van der Waals surface area contributed by atoms with Crippen molar-refractivity contribution in [3.63, 3.8) is 0 Å². The number of carbonyl (C=O) groups excluding carboxylic acids is 1. The number of imidazole rings is 1. The molecular formula is C33H38N8O3. The minimum Gasteiger partial charge on any atom is -0.381 e. The Morgan fingerprint density at radius 3 is 2.86 bits per heavy atom. The highest BCUT2D eigenvalue weighted by molar-refractivity contribution is 5.92. The predicted octanol–water partition coefficient (Wildman–Crippen LogP) is 6.07. The number of ether oxygens (including phenoxy) is 1. The van der Waals surface area contributed by atoms with Gasteiger partial charge in [-0.05, 0) is 68.2 Å². The van der Waals surface area contributed by atoms with Crippen molar-refractivity contribution in [2.45, 2.75) is 83.7 Å². The molecule has 4 aromatic heterocycles. The second-order valence-corrected chi connectivity index (χ2v) is 11.9. The summed E-state index contributed by atoms with van der Waals surface area (Å²) in [7, 11) is 0. The number of aromatic nitrogens is 7. The number of amides is 1. The lowest BCUT2D eigenvalue weighted by molar-refractivity contribution is 0.0657. The van der Waals surface area contributed by atoms with Gasteiger partial charge in [0.1, 0.15) is 11.3 Å². The monoisotopic (exact) mass is 594 g/mol. The van der Waals surface area contributed by atoms with E-state index in [1.54, 1.807) is 0 Å². The van der Waals surface area contributed by atoms with E-state index in [1.807, 2.05) is 18.5 Å². The van der Waals surface area contributed by atoms with Crippen LogP contribution < -0.4 is 5.32 Å². The van der Waals surface area contributed by atoms with Crippen molar-refractivity contribution in [2.75, 3.05) is 13.2 Å². The number of carbonyl (C=O) groups is 1. The normalized spacial score (nSPS) is 17.2. The quantitative estimate of drug-likeness (QED) is 0.196. The molecule has 0 radical (unpaired) electrons. The Bertz CT molecular complexity index is 1780. The first-order valence-corrected chi connectivity index (χ1v) is 15.8. The third kappa shape index (κ3) is 5.52. The fourth-order valence-electron chi connectivity index (χ4n) is 6.56. The van der Waals surface area contributed by atoms with Gasteiger partial charge in [0.15, 0.2) is 11.5 Å². The van der Waals surface area contributed by atoms with E-state index in [0.29, 0.717) is 11.9 Å². The van der Waals surface area contributed by atoms with Crippen molar-refractivity contribution in [2.24, 2.45) is 0 Å². The molecule has 1 amide bonds. The fourth-order valence-corrected chi connectivity index (χ4v) is 6.56. The van der Waals surface area contributed by atoms with Crippen LogP contribution >= 0.6 is 0 Å². The molecule has 2 aliphatic rings. The zero-order valence-corrected chi connectivity index (χ0v) is 25.3. The molecule has 1 atom stereocenters. The second kappa shape index (κ2) is 12.3. The largest absolute Gasteiger partial charge is 0.381 e. The number of benzene rings is 1. The summed E-state index contributed by atoms with van der Waals surface area (Å²) in [6.45, 7) is 5.79.